The van der Waals surface area contributed by atoms with Gasteiger partial charge in [0.1, 0.15) is 12.2 Å². The number of imidazole rings is 1. The average molecular weight is 298 g/mol. The fourth-order valence-electron chi connectivity index (χ4n) is 3.09. The maximum absolute atomic E-state index is 9.66. The van der Waals surface area contributed by atoms with Crippen LogP contribution in [0.4, 0.5) is 5.82 Å². The summed E-state index contributed by atoms with van der Waals surface area (Å²) in [6, 6.07) is 0.0876. The smallest absolute Gasteiger partial charge is 0.185 e. The van der Waals surface area contributed by atoms with Crippen molar-refractivity contribution in [2.24, 2.45) is 4.99 Å². The van der Waals surface area contributed by atoms with Gasteiger partial charge in [0, 0.05) is 26.4 Å². The van der Waals surface area contributed by atoms with Crippen molar-refractivity contribution in [2.45, 2.75) is 31.4 Å². The highest BCUT2D eigenvalue weighted by molar-refractivity contribution is 5.90. The first-order valence-corrected chi connectivity index (χ1v) is 7.55. The first-order chi connectivity index (χ1) is 10.7. The van der Waals surface area contributed by atoms with E-state index in [-0.39, 0.29) is 6.04 Å². The van der Waals surface area contributed by atoms with Crippen LogP contribution in [0.2, 0.25) is 0 Å². The van der Waals surface area contributed by atoms with E-state index < -0.39 is 6.10 Å². The van der Waals surface area contributed by atoms with Gasteiger partial charge in [-0.2, -0.15) is 0 Å². The molecule has 0 aromatic carbocycles. The summed E-state index contributed by atoms with van der Waals surface area (Å²) in [5.74, 6) is 1.67. The largest absolute Gasteiger partial charge is 0.389 e. The van der Waals surface area contributed by atoms with Crippen molar-refractivity contribution in [1.82, 2.24) is 24.4 Å². The lowest BCUT2D eigenvalue weighted by Gasteiger charge is -2.12. The van der Waals surface area contributed by atoms with Crippen LogP contribution in [-0.2, 0) is 0 Å². The molecule has 22 heavy (non-hydrogen) atoms. The van der Waals surface area contributed by atoms with E-state index in [1.165, 1.54) is 6.33 Å². The van der Waals surface area contributed by atoms with E-state index in [0.717, 1.165) is 30.9 Å². The first-order valence-electron chi connectivity index (χ1n) is 7.55. The standard InChI is InChI=1S/C15H18N6O/c1-20-6-2-3-12(20)19-14-13-15(17-8-16-14)21(9-18-13)10-4-5-11(22)7-10/h4-5,8-11,22H,2-3,6-7H2,1H3. The van der Waals surface area contributed by atoms with Crippen molar-refractivity contribution < 1.29 is 5.11 Å². The zero-order chi connectivity index (χ0) is 15.1. The quantitative estimate of drug-likeness (QED) is 0.849. The number of allylic oxidation sites excluding steroid dienone is 1. The van der Waals surface area contributed by atoms with Crippen LogP contribution >= 0.6 is 0 Å². The van der Waals surface area contributed by atoms with Crippen LogP contribution in [0.1, 0.15) is 25.3 Å². The Morgan fingerprint density at radius 2 is 2.18 bits per heavy atom. The van der Waals surface area contributed by atoms with Crippen molar-refractivity contribution in [3.63, 3.8) is 0 Å². The van der Waals surface area contributed by atoms with E-state index in [1.54, 1.807) is 6.33 Å². The Balaban J connectivity index is 1.76. The number of fused-ring (bicyclic) bond motifs is 1. The zero-order valence-corrected chi connectivity index (χ0v) is 12.4. The predicted octanol–water partition coefficient (Wildman–Crippen LogP) is 1.44. The molecule has 0 saturated carbocycles. The van der Waals surface area contributed by atoms with Crippen LogP contribution in [-0.4, -0.2) is 55.1 Å². The minimum absolute atomic E-state index is 0.0876. The lowest BCUT2D eigenvalue weighted by molar-refractivity contribution is 0.211. The zero-order valence-electron chi connectivity index (χ0n) is 12.4. The van der Waals surface area contributed by atoms with Gasteiger partial charge in [-0.15, -0.1) is 0 Å². The lowest BCUT2D eigenvalue weighted by Crippen LogP contribution is -2.18. The van der Waals surface area contributed by atoms with Crippen LogP contribution in [0.15, 0.2) is 29.8 Å². The summed E-state index contributed by atoms with van der Waals surface area (Å²) in [6.45, 7) is 1.03. The molecule has 7 heteroatoms. The maximum atomic E-state index is 9.66. The third-order valence-corrected chi connectivity index (χ3v) is 4.30. The Morgan fingerprint density at radius 1 is 1.27 bits per heavy atom. The minimum Gasteiger partial charge on any atom is -0.389 e. The summed E-state index contributed by atoms with van der Waals surface area (Å²) in [7, 11) is 2.05. The fourth-order valence-corrected chi connectivity index (χ4v) is 3.09. The number of rotatable bonds is 2. The number of aliphatic hydroxyl groups is 1. The van der Waals surface area contributed by atoms with Crippen molar-refractivity contribution >= 4 is 22.8 Å². The van der Waals surface area contributed by atoms with Crippen LogP contribution < -0.4 is 0 Å². The molecule has 2 aromatic heterocycles. The third-order valence-electron chi connectivity index (χ3n) is 4.30. The van der Waals surface area contributed by atoms with Gasteiger partial charge in [0.15, 0.2) is 17.0 Å². The Morgan fingerprint density at radius 3 is 2.91 bits per heavy atom. The molecule has 1 saturated heterocycles. The summed E-state index contributed by atoms with van der Waals surface area (Å²) in [4.78, 5) is 19.9. The predicted molar refractivity (Wildman–Crippen MR) is 83.1 cm³/mol. The van der Waals surface area contributed by atoms with Gasteiger partial charge >= 0.3 is 0 Å². The summed E-state index contributed by atoms with van der Waals surface area (Å²) in [5, 5.41) is 9.66. The topological polar surface area (TPSA) is 79.4 Å². The maximum Gasteiger partial charge on any atom is 0.185 e. The van der Waals surface area contributed by atoms with Crippen LogP contribution in [0.3, 0.4) is 0 Å². The minimum atomic E-state index is -0.392. The summed E-state index contributed by atoms with van der Waals surface area (Å²) >= 11 is 0. The molecule has 1 aliphatic carbocycles. The van der Waals surface area contributed by atoms with Gasteiger partial charge in [0.25, 0.3) is 0 Å². The molecule has 0 radical (unpaired) electrons. The number of aliphatic hydroxyl groups excluding tert-OH is 1. The fraction of sp³-hybridized carbons (Fsp3) is 0.467. The highest BCUT2D eigenvalue weighted by Crippen LogP contribution is 2.29. The number of aromatic nitrogens is 4. The Labute approximate surface area is 128 Å². The molecule has 2 aliphatic rings. The number of likely N-dealkylation sites (tertiary alicyclic amines) is 1. The molecule has 0 spiro atoms. The third kappa shape index (κ3) is 2.18. The van der Waals surface area contributed by atoms with E-state index in [9.17, 15) is 5.11 Å². The SMILES string of the molecule is CN1CCCC1=Nc1ncnc2c1ncn2C1C=CC(O)C1. The van der Waals surface area contributed by atoms with Gasteiger partial charge < -0.3 is 14.6 Å². The monoisotopic (exact) mass is 298 g/mol. The van der Waals surface area contributed by atoms with Gasteiger partial charge in [-0.3, -0.25) is 0 Å². The van der Waals surface area contributed by atoms with E-state index in [4.69, 9.17) is 0 Å². The van der Waals surface area contributed by atoms with Crippen molar-refractivity contribution in [2.75, 3.05) is 13.6 Å². The second-order valence-corrected chi connectivity index (χ2v) is 5.83. The molecule has 7 nitrogen and oxygen atoms in total. The Bertz CT molecular complexity index is 764. The highest BCUT2D eigenvalue weighted by Gasteiger charge is 2.22. The van der Waals surface area contributed by atoms with Gasteiger partial charge in [0.2, 0.25) is 0 Å². The molecule has 0 amide bonds. The van der Waals surface area contributed by atoms with Crippen molar-refractivity contribution in [3.05, 3.63) is 24.8 Å². The van der Waals surface area contributed by atoms with Crippen LogP contribution in [0.5, 0.6) is 0 Å². The van der Waals surface area contributed by atoms with Crippen molar-refractivity contribution in [1.29, 1.82) is 0 Å². The summed E-state index contributed by atoms with van der Waals surface area (Å²) < 4.78 is 1.98. The molecular weight excluding hydrogens is 280 g/mol. The molecule has 2 atom stereocenters. The van der Waals surface area contributed by atoms with Gasteiger partial charge in [-0.25, -0.2) is 19.9 Å². The van der Waals surface area contributed by atoms with E-state index >= 15 is 0 Å². The molecule has 3 heterocycles. The molecule has 1 N–H and O–H groups in total. The number of hydrogen-bond acceptors (Lipinski definition) is 5. The number of hydrogen-bond donors (Lipinski definition) is 1. The molecule has 2 aromatic rings. The molecule has 114 valence electrons. The molecular formula is C15H18N6O. The van der Waals surface area contributed by atoms with Gasteiger partial charge in [0.05, 0.1) is 18.5 Å². The molecule has 0 bridgehead atoms. The summed E-state index contributed by atoms with van der Waals surface area (Å²) in [6.07, 6.45) is 9.45. The van der Waals surface area contributed by atoms with Gasteiger partial charge in [-0.1, -0.05) is 12.2 Å². The lowest BCUT2D eigenvalue weighted by atomic mass is 10.2. The molecule has 2 unspecified atom stereocenters. The van der Waals surface area contributed by atoms with Gasteiger partial charge in [-0.05, 0) is 6.42 Å². The summed E-state index contributed by atoms with van der Waals surface area (Å²) in [5.41, 5.74) is 1.48. The Hall–Kier alpha value is -2.28. The number of amidine groups is 1. The highest BCUT2D eigenvalue weighted by atomic mass is 16.3. The molecule has 1 fully saturated rings. The average Bonchev–Trinajstić information content (AvgIpc) is 3.20. The number of nitrogens with zero attached hydrogens (tertiary/aromatic N) is 6. The Kier molecular flexibility index (Phi) is 3.15. The normalized spacial score (nSPS) is 26.6. The van der Waals surface area contributed by atoms with Crippen LogP contribution in [0, 0.1) is 0 Å². The van der Waals surface area contributed by atoms with E-state index in [2.05, 4.69) is 24.8 Å². The van der Waals surface area contributed by atoms with E-state index in [1.807, 2.05) is 23.8 Å². The van der Waals surface area contributed by atoms with E-state index in [0.29, 0.717) is 17.8 Å². The molecule has 4 rings (SSSR count). The second kappa shape index (κ2) is 5.17. The molecule has 1 aliphatic heterocycles. The van der Waals surface area contributed by atoms with Crippen LogP contribution in [0.25, 0.3) is 11.2 Å². The second-order valence-electron chi connectivity index (χ2n) is 5.83. The first kappa shape index (κ1) is 13.4. The van der Waals surface area contributed by atoms with Crippen molar-refractivity contribution in [3.8, 4) is 0 Å². The number of aliphatic imine (C=N–C) groups is 1.